The highest BCUT2D eigenvalue weighted by Crippen LogP contribution is 2.51. The molecule has 1 saturated carbocycles. The molecule has 38 heavy (non-hydrogen) atoms. The van der Waals surface area contributed by atoms with Gasteiger partial charge in [0.15, 0.2) is 0 Å². The van der Waals surface area contributed by atoms with E-state index in [1.807, 2.05) is 60.0 Å². The van der Waals surface area contributed by atoms with Crippen LogP contribution in [0.4, 0.5) is 0 Å². The Morgan fingerprint density at radius 3 is 2.63 bits per heavy atom. The van der Waals surface area contributed by atoms with Crippen LogP contribution in [0.1, 0.15) is 22.8 Å². The van der Waals surface area contributed by atoms with Crippen LogP contribution in [-0.4, -0.2) is 17.1 Å². The first-order valence-electron chi connectivity index (χ1n) is 11.9. The molecule has 0 saturated heterocycles. The summed E-state index contributed by atoms with van der Waals surface area (Å²) in [5.41, 5.74) is 5.76. The third-order valence-electron chi connectivity index (χ3n) is 6.79. The Hall–Kier alpha value is -3.21. The normalized spacial score (nSPS) is 16.4. The maximum atomic E-state index is 12.2. The predicted octanol–water partition coefficient (Wildman–Crippen LogP) is 9.05. The van der Waals surface area contributed by atoms with Gasteiger partial charge in [0.2, 0.25) is 0 Å². The summed E-state index contributed by atoms with van der Waals surface area (Å²) in [5.74, 6) is -0.273. The molecule has 0 spiro atoms. The highest BCUT2D eigenvalue weighted by Gasteiger charge is 2.45. The van der Waals surface area contributed by atoms with E-state index >= 15 is 0 Å². The number of fused-ring (bicyclic) bond motifs is 1. The number of nitriles is 1. The van der Waals surface area contributed by atoms with Crippen LogP contribution in [0, 0.1) is 17.2 Å². The number of carbonyl (C=O) groups excluding carboxylic acids is 1. The summed E-state index contributed by atoms with van der Waals surface area (Å²) in [6.07, 6.45) is 0.741. The van der Waals surface area contributed by atoms with Crippen molar-refractivity contribution in [1.29, 1.82) is 5.26 Å². The average molecular weight is 576 g/mol. The number of benzene rings is 3. The molecule has 0 radical (unpaired) electrons. The number of aromatic nitrogens is 1. The zero-order valence-electron chi connectivity index (χ0n) is 20.2. The van der Waals surface area contributed by atoms with E-state index in [2.05, 4.69) is 28.2 Å². The van der Waals surface area contributed by atoms with Gasteiger partial charge in [0.1, 0.15) is 10.9 Å². The Morgan fingerprint density at radius 1 is 1.08 bits per heavy atom. The molecule has 8 heteroatoms. The summed E-state index contributed by atoms with van der Waals surface area (Å²) >= 11 is 15.9. The lowest BCUT2D eigenvalue weighted by Crippen LogP contribution is -2.04. The molecule has 0 N–H and O–H groups in total. The second-order valence-electron chi connectivity index (χ2n) is 9.10. The largest absolute Gasteiger partial charge is 0.469 e. The van der Waals surface area contributed by atoms with Crippen molar-refractivity contribution in [2.75, 3.05) is 7.11 Å². The molecule has 3 aromatic carbocycles. The van der Waals surface area contributed by atoms with Gasteiger partial charge in [-0.25, -0.2) is 0 Å². The summed E-state index contributed by atoms with van der Waals surface area (Å²) in [7, 11) is 1.42. The number of thiophene rings is 1. The van der Waals surface area contributed by atoms with Crippen molar-refractivity contribution in [2.45, 2.75) is 17.2 Å². The minimum atomic E-state index is -0.193. The molecule has 4 nitrogen and oxygen atoms in total. The average Bonchev–Trinajstić information content (AvgIpc) is 3.49. The molecule has 2 heterocycles. The number of esters is 1. The molecule has 0 bridgehead atoms. The van der Waals surface area contributed by atoms with Crippen molar-refractivity contribution in [1.82, 2.24) is 3.97 Å². The minimum absolute atomic E-state index is 0.0703. The van der Waals surface area contributed by atoms with Gasteiger partial charge in [0.05, 0.1) is 24.2 Å². The lowest BCUT2D eigenvalue weighted by Gasteiger charge is -2.14. The molecule has 6 rings (SSSR count). The number of ether oxygens (including phenoxy) is 1. The van der Waals surface area contributed by atoms with E-state index in [0.29, 0.717) is 14.9 Å². The first-order chi connectivity index (χ1) is 18.5. The van der Waals surface area contributed by atoms with E-state index in [1.54, 1.807) is 11.9 Å². The molecule has 2 aromatic heterocycles. The van der Waals surface area contributed by atoms with Crippen molar-refractivity contribution in [3.63, 3.8) is 0 Å². The monoisotopic (exact) mass is 574 g/mol. The van der Waals surface area contributed by atoms with Crippen molar-refractivity contribution >= 4 is 63.4 Å². The molecule has 1 aliphatic carbocycles. The number of halogens is 2. The first kappa shape index (κ1) is 25.1. The van der Waals surface area contributed by atoms with Crippen LogP contribution < -0.4 is 0 Å². The summed E-state index contributed by atoms with van der Waals surface area (Å²) < 4.78 is 7.18. The molecule has 188 valence electrons. The van der Waals surface area contributed by atoms with Crippen LogP contribution >= 0.6 is 46.5 Å². The molecule has 2 atom stereocenters. The Labute approximate surface area is 238 Å². The van der Waals surface area contributed by atoms with Crippen molar-refractivity contribution in [3.05, 3.63) is 98.7 Å². The Kier molecular flexibility index (Phi) is 6.71. The van der Waals surface area contributed by atoms with Crippen LogP contribution in [0.2, 0.25) is 10.0 Å². The fourth-order valence-electron chi connectivity index (χ4n) is 4.97. The van der Waals surface area contributed by atoms with E-state index in [4.69, 9.17) is 27.9 Å². The Balaban J connectivity index is 1.61. The number of rotatable bonds is 6. The maximum Gasteiger partial charge on any atom is 0.309 e. The van der Waals surface area contributed by atoms with Gasteiger partial charge in [-0.05, 0) is 89.8 Å². The van der Waals surface area contributed by atoms with Crippen molar-refractivity contribution in [2.24, 2.45) is 5.92 Å². The van der Waals surface area contributed by atoms with Crippen molar-refractivity contribution in [3.8, 4) is 28.5 Å². The minimum Gasteiger partial charge on any atom is -0.469 e. The third kappa shape index (κ3) is 4.50. The number of para-hydroxylation sites is 1. The molecule has 2 unspecified atom stereocenters. The van der Waals surface area contributed by atoms with Gasteiger partial charge in [0, 0.05) is 37.0 Å². The summed E-state index contributed by atoms with van der Waals surface area (Å²) in [4.78, 5) is 13.8. The van der Waals surface area contributed by atoms with E-state index < -0.39 is 0 Å². The quantitative estimate of drug-likeness (QED) is 0.190. The smallest absolute Gasteiger partial charge is 0.309 e. The number of hydrogen-bond donors (Lipinski definition) is 0. The van der Waals surface area contributed by atoms with Crippen LogP contribution in [0.25, 0.3) is 33.3 Å². The highest BCUT2D eigenvalue weighted by atomic mass is 35.5. The zero-order valence-corrected chi connectivity index (χ0v) is 23.3. The number of methoxy groups -OCH3 is 1. The second kappa shape index (κ2) is 10.2. The lowest BCUT2D eigenvalue weighted by atomic mass is 9.97. The molecular weight excluding hydrogens is 555 g/mol. The first-order valence-corrected chi connectivity index (χ1v) is 14.3. The standard InChI is InChI=1S/C30H20Cl2N2O2S2/c1-36-30(35)25-15-24(25)17-12-18(14-20(32)13-17)29-28(23-10-11-37-27(23)16-33)22-4-2-3-5-26(22)34(29)38-21-8-6-19(31)7-9-21/h2-14,24-25H,15H2,1H3. The third-order valence-corrected chi connectivity index (χ3v) is 9.13. The van der Waals surface area contributed by atoms with Gasteiger partial charge < -0.3 is 4.74 Å². The number of nitrogens with zero attached hydrogens (tertiary/aromatic N) is 2. The van der Waals surface area contributed by atoms with E-state index in [-0.39, 0.29) is 17.8 Å². The van der Waals surface area contributed by atoms with Gasteiger partial charge in [0.25, 0.3) is 0 Å². The highest BCUT2D eigenvalue weighted by molar-refractivity contribution is 7.98. The molecule has 1 fully saturated rings. The van der Waals surface area contributed by atoms with Crippen LogP contribution in [-0.2, 0) is 9.53 Å². The van der Waals surface area contributed by atoms with E-state index in [1.165, 1.54) is 18.4 Å². The van der Waals surface area contributed by atoms with E-state index in [0.717, 1.165) is 50.2 Å². The van der Waals surface area contributed by atoms with Gasteiger partial charge in [-0.1, -0.05) is 41.4 Å². The Bertz CT molecular complexity index is 1730. The van der Waals surface area contributed by atoms with E-state index in [9.17, 15) is 10.1 Å². The molecule has 1 aliphatic rings. The van der Waals surface area contributed by atoms with Gasteiger partial charge >= 0.3 is 5.97 Å². The van der Waals surface area contributed by atoms with Crippen molar-refractivity contribution < 1.29 is 9.53 Å². The zero-order chi connectivity index (χ0) is 26.4. The molecule has 5 aromatic rings. The molecule has 0 amide bonds. The van der Waals surface area contributed by atoms with Crippen LogP contribution in [0.5, 0.6) is 0 Å². The van der Waals surface area contributed by atoms with Crippen LogP contribution in [0.15, 0.2) is 83.1 Å². The predicted molar refractivity (Wildman–Crippen MR) is 156 cm³/mol. The second-order valence-corrected chi connectivity index (χ2v) is 11.9. The fraction of sp³-hybridized carbons (Fsp3) is 0.133. The maximum absolute atomic E-state index is 12.2. The lowest BCUT2D eigenvalue weighted by molar-refractivity contribution is -0.142. The molecule has 0 aliphatic heterocycles. The summed E-state index contributed by atoms with van der Waals surface area (Å²) in [5, 5.41) is 14.2. The SMILES string of the molecule is COC(=O)C1CC1c1cc(Cl)cc(-c2c(-c3ccsc3C#N)c3ccccc3n2Sc2ccc(Cl)cc2)c1. The van der Waals surface area contributed by atoms with Gasteiger partial charge in [-0.3, -0.25) is 8.77 Å². The van der Waals surface area contributed by atoms with Crippen LogP contribution in [0.3, 0.4) is 0 Å². The topological polar surface area (TPSA) is 55.0 Å². The van der Waals surface area contributed by atoms with Gasteiger partial charge in [-0.15, -0.1) is 11.3 Å². The van der Waals surface area contributed by atoms with Gasteiger partial charge in [-0.2, -0.15) is 5.26 Å². The number of carbonyl (C=O) groups is 1. The number of hydrogen-bond acceptors (Lipinski definition) is 5. The Morgan fingerprint density at radius 2 is 1.87 bits per heavy atom. The summed E-state index contributed by atoms with van der Waals surface area (Å²) in [6.45, 7) is 0. The fourth-order valence-corrected chi connectivity index (χ4v) is 7.05. The summed E-state index contributed by atoms with van der Waals surface area (Å²) in [6, 6.07) is 26.3. The molecular formula is C30H20Cl2N2O2S2.